The summed E-state index contributed by atoms with van der Waals surface area (Å²) in [6.45, 7) is 0. The van der Waals surface area contributed by atoms with Crippen molar-refractivity contribution < 1.29 is 26.4 Å². The second kappa shape index (κ2) is 9.44. The minimum atomic E-state index is -3.73. The van der Waals surface area contributed by atoms with E-state index in [0.717, 1.165) is 0 Å². The molecule has 2 aliphatic rings. The minimum Gasteiger partial charge on any atom is -0.321 e. The van der Waals surface area contributed by atoms with Gasteiger partial charge in [0.15, 0.2) is 0 Å². The van der Waals surface area contributed by atoms with Crippen LogP contribution in [0.3, 0.4) is 0 Å². The number of carbonyl (C=O) groups is 2. The van der Waals surface area contributed by atoms with Crippen LogP contribution in [0.15, 0.2) is 140 Å². The van der Waals surface area contributed by atoms with E-state index in [9.17, 15) is 26.4 Å². The zero-order valence-corrected chi connectivity index (χ0v) is 22.3. The summed E-state index contributed by atoms with van der Waals surface area (Å²) in [4.78, 5) is 26.5. The van der Waals surface area contributed by atoms with E-state index in [2.05, 4.69) is 10.6 Å². The molecule has 40 heavy (non-hydrogen) atoms. The average Bonchev–Trinajstić information content (AvgIpc) is 3.52. The van der Waals surface area contributed by atoms with E-state index >= 15 is 0 Å². The van der Waals surface area contributed by atoms with Gasteiger partial charge in [-0.25, -0.2) is 16.8 Å². The van der Waals surface area contributed by atoms with Crippen molar-refractivity contribution in [3.8, 4) is 0 Å². The summed E-state index contributed by atoms with van der Waals surface area (Å²) in [6, 6.07) is 27.9. The van der Waals surface area contributed by atoms with Crippen molar-refractivity contribution in [1.82, 2.24) is 10.6 Å². The van der Waals surface area contributed by atoms with Crippen LogP contribution in [0, 0.1) is 0 Å². The highest BCUT2D eigenvalue weighted by Gasteiger charge is 2.41. The van der Waals surface area contributed by atoms with Gasteiger partial charge < -0.3 is 10.6 Å². The van der Waals surface area contributed by atoms with Crippen LogP contribution >= 0.6 is 0 Å². The van der Waals surface area contributed by atoms with E-state index in [0.29, 0.717) is 11.1 Å². The van der Waals surface area contributed by atoms with E-state index in [1.807, 2.05) is 0 Å². The molecule has 198 valence electrons. The first kappa shape index (κ1) is 25.5. The van der Waals surface area contributed by atoms with Crippen molar-refractivity contribution in [1.29, 1.82) is 0 Å². The zero-order valence-electron chi connectivity index (χ0n) is 20.7. The van der Waals surface area contributed by atoms with Gasteiger partial charge in [0, 0.05) is 0 Å². The second-order valence-corrected chi connectivity index (χ2v) is 13.0. The fourth-order valence-electron chi connectivity index (χ4n) is 4.69. The van der Waals surface area contributed by atoms with Crippen LogP contribution in [-0.2, 0) is 29.3 Å². The first-order valence-corrected chi connectivity index (χ1v) is 15.1. The molecule has 2 amide bonds. The predicted octanol–water partition coefficient (Wildman–Crippen LogP) is 3.73. The number of hydrogen-bond acceptors (Lipinski definition) is 6. The Morgan fingerprint density at radius 3 is 1.02 bits per heavy atom. The van der Waals surface area contributed by atoms with E-state index in [1.165, 1.54) is 72.8 Å². The third-order valence-electron chi connectivity index (χ3n) is 6.69. The molecule has 2 N–H and O–H groups in total. The second-order valence-electron chi connectivity index (χ2n) is 9.09. The molecule has 6 rings (SSSR count). The van der Waals surface area contributed by atoms with E-state index < -0.39 is 31.5 Å². The lowest BCUT2D eigenvalue weighted by molar-refractivity contribution is -0.117. The SMILES string of the molecule is O=C1NC(c2ccc(S(=O)(=O)c3ccccc3)cc2)=C2C(=O)NC(c3ccc(S(=O)(=O)c4ccccc4)cc3)=C12. The van der Waals surface area contributed by atoms with Crippen LogP contribution in [0.2, 0.25) is 0 Å². The summed E-state index contributed by atoms with van der Waals surface area (Å²) in [5.74, 6) is -0.999. The number of benzene rings is 4. The molecule has 0 saturated heterocycles. The van der Waals surface area contributed by atoms with Crippen molar-refractivity contribution >= 4 is 42.9 Å². The summed E-state index contributed by atoms with van der Waals surface area (Å²) >= 11 is 0. The summed E-state index contributed by atoms with van der Waals surface area (Å²) < 4.78 is 51.7. The van der Waals surface area contributed by atoms with E-state index in [-0.39, 0.29) is 42.1 Å². The first-order valence-electron chi connectivity index (χ1n) is 12.1. The lowest BCUT2D eigenvalue weighted by atomic mass is 10.0. The summed E-state index contributed by atoms with van der Waals surface area (Å²) in [5, 5.41) is 5.45. The predicted molar refractivity (Wildman–Crippen MR) is 147 cm³/mol. The molecule has 2 aliphatic heterocycles. The van der Waals surface area contributed by atoms with Gasteiger partial charge in [0.1, 0.15) is 0 Å². The fraction of sp³-hybridized carbons (Fsp3) is 0. The van der Waals surface area contributed by atoms with Gasteiger partial charge in [-0.05, 0) is 59.7 Å². The van der Waals surface area contributed by atoms with Crippen molar-refractivity contribution in [2.24, 2.45) is 0 Å². The maximum atomic E-state index is 13.0. The number of rotatable bonds is 6. The van der Waals surface area contributed by atoms with Crippen LogP contribution in [0.25, 0.3) is 11.4 Å². The van der Waals surface area contributed by atoms with Crippen LogP contribution in [-0.4, -0.2) is 28.6 Å². The molecule has 8 nitrogen and oxygen atoms in total. The molecule has 10 heteroatoms. The molecule has 0 fully saturated rings. The largest absolute Gasteiger partial charge is 0.321 e. The van der Waals surface area contributed by atoms with Gasteiger partial charge in [-0.3, -0.25) is 9.59 Å². The Morgan fingerprint density at radius 2 is 0.700 bits per heavy atom. The molecule has 4 aromatic rings. The third kappa shape index (κ3) is 4.14. The highest BCUT2D eigenvalue weighted by Crippen LogP contribution is 2.38. The molecule has 0 aliphatic carbocycles. The highest BCUT2D eigenvalue weighted by molar-refractivity contribution is 7.91. The van der Waals surface area contributed by atoms with Gasteiger partial charge in [0.25, 0.3) is 11.8 Å². The molecule has 0 spiro atoms. The molecule has 0 aromatic heterocycles. The summed E-state index contributed by atoms with van der Waals surface area (Å²) in [6.07, 6.45) is 0. The highest BCUT2D eigenvalue weighted by atomic mass is 32.2. The Bertz CT molecular complexity index is 1820. The quantitative estimate of drug-likeness (QED) is 0.365. The topological polar surface area (TPSA) is 126 Å². The molecule has 0 bridgehead atoms. The molecule has 4 aromatic carbocycles. The lowest BCUT2D eigenvalue weighted by Crippen LogP contribution is -2.21. The molecule has 0 radical (unpaired) electrons. The van der Waals surface area contributed by atoms with Crippen molar-refractivity contribution in [3.05, 3.63) is 131 Å². The minimum absolute atomic E-state index is 0.0789. The third-order valence-corrected chi connectivity index (χ3v) is 10.3. The molecule has 2 heterocycles. The fourth-order valence-corrected chi connectivity index (χ4v) is 7.25. The van der Waals surface area contributed by atoms with Gasteiger partial charge in [0.2, 0.25) is 19.7 Å². The normalized spacial score (nSPS) is 15.2. The van der Waals surface area contributed by atoms with Crippen molar-refractivity contribution in [2.75, 3.05) is 0 Å². The monoisotopic (exact) mass is 568 g/mol. The molecule has 0 unspecified atom stereocenters. The Hall–Kier alpha value is -4.80. The number of amides is 2. The maximum Gasteiger partial charge on any atom is 0.258 e. The van der Waals surface area contributed by atoms with Crippen LogP contribution in [0.5, 0.6) is 0 Å². The Morgan fingerprint density at radius 1 is 0.400 bits per heavy atom. The van der Waals surface area contributed by atoms with Gasteiger partial charge in [0.05, 0.1) is 42.1 Å². The average molecular weight is 569 g/mol. The standard InChI is InChI=1S/C30H20N2O6S2/c33-29-25-26(28(32-29)20-13-17-24(18-14-20)40(37,38)22-9-5-2-6-10-22)30(34)31-27(25)19-11-15-23(16-12-19)39(35,36)21-7-3-1-4-8-21/h1-18H,(H,31,34)(H,32,33). The van der Waals surface area contributed by atoms with Crippen molar-refractivity contribution in [3.63, 3.8) is 0 Å². The molecular formula is C30H20N2O6S2. The number of fused-ring (bicyclic) bond motifs is 1. The number of nitrogens with one attached hydrogen (secondary N) is 2. The van der Waals surface area contributed by atoms with E-state index in [1.54, 1.807) is 36.4 Å². The molecule has 0 atom stereocenters. The van der Waals surface area contributed by atoms with Crippen LogP contribution in [0.4, 0.5) is 0 Å². The number of carbonyl (C=O) groups excluding carboxylic acids is 2. The summed E-state index contributed by atoms with van der Waals surface area (Å²) in [5.41, 5.74) is 1.73. The molecule has 0 saturated carbocycles. The number of hydrogen-bond donors (Lipinski definition) is 2. The first-order chi connectivity index (χ1) is 19.2. The Balaban J connectivity index is 1.35. The van der Waals surface area contributed by atoms with Gasteiger partial charge in [-0.15, -0.1) is 0 Å². The smallest absolute Gasteiger partial charge is 0.258 e. The molecular weight excluding hydrogens is 548 g/mol. The van der Waals surface area contributed by atoms with Gasteiger partial charge in [-0.1, -0.05) is 60.7 Å². The van der Waals surface area contributed by atoms with Gasteiger partial charge in [-0.2, -0.15) is 0 Å². The zero-order chi connectivity index (χ0) is 28.1. The maximum absolute atomic E-state index is 13.0. The lowest BCUT2D eigenvalue weighted by Gasteiger charge is -2.09. The summed E-state index contributed by atoms with van der Waals surface area (Å²) in [7, 11) is -7.46. The Kier molecular flexibility index (Phi) is 6.01. The number of sulfone groups is 2. The van der Waals surface area contributed by atoms with Crippen LogP contribution < -0.4 is 10.6 Å². The van der Waals surface area contributed by atoms with E-state index in [4.69, 9.17) is 0 Å². The van der Waals surface area contributed by atoms with Gasteiger partial charge >= 0.3 is 0 Å². The van der Waals surface area contributed by atoms with Crippen molar-refractivity contribution in [2.45, 2.75) is 19.6 Å². The van der Waals surface area contributed by atoms with Crippen LogP contribution in [0.1, 0.15) is 11.1 Å². The Labute approximate surface area is 230 Å².